The van der Waals surface area contributed by atoms with Crippen LogP contribution in [0.3, 0.4) is 0 Å². The molecule has 9 heteroatoms. The van der Waals surface area contributed by atoms with E-state index in [-0.39, 0.29) is 24.4 Å². The summed E-state index contributed by atoms with van der Waals surface area (Å²) in [5.41, 5.74) is 2.49. The quantitative estimate of drug-likeness (QED) is 0.507. The third kappa shape index (κ3) is 4.89. The van der Waals surface area contributed by atoms with Crippen molar-refractivity contribution in [2.45, 2.75) is 56.5 Å². The maximum atomic E-state index is 13.3. The second-order valence-electron chi connectivity index (χ2n) is 9.33. The summed E-state index contributed by atoms with van der Waals surface area (Å²) < 4.78 is 16.4. The lowest BCUT2D eigenvalue weighted by atomic mass is 9.88. The number of hydrogen-bond acceptors (Lipinski definition) is 5. The van der Waals surface area contributed by atoms with Gasteiger partial charge in [0.15, 0.2) is 0 Å². The van der Waals surface area contributed by atoms with Crippen LogP contribution in [-0.4, -0.2) is 70.6 Å². The van der Waals surface area contributed by atoms with E-state index < -0.39 is 6.04 Å². The summed E-state index contributed by atoms with van der Waals surface area (Å²) in [7, 11) is 3.28. The fraction of sp³-hybridized carbons (Fsp3) is 0.625. The first-order valence-electron chi connectivity index (χ1n) is 11.9. The van der Waals surface area contributed by atoms with E-state index in [0.717, 1.165) is 61.2 Å². The lowest BCUT2D eigenvalue weighted by Gasteiger charge is -2.40. The SMILES string of the molecule is CNC(=O)CCC(C=O)n1c(=O)n(C)c2cc(C3CCN(C4CCN(F)CC4)CC3)ccc21. The number of likely N-dealkylation sites (tertiary alicyclic amines) is 1. The number of aldehydes is 1. The highest BCUT2D eigenvalue weighted by Gasteiger charge is 2.29. The zero-order valence-electron chi connectivity index (χ0n) is 19.5. The van der Waals surface area contributed by atoms with Crippen LogP contribution in [0.15, 0.2) is 23.0 Å². The van der Waals surface area contributed by atoms with E-state index in [1.807, 2.05) is 6.07 Å². The molecule has 0 radical (unpaired) electrons. The molecule has 8 nitrogen and oxygen atoms in total. The number of aromatic nitrogens is 2. The minimum Gasteiger partial charge on any atom is -0.359 e. The van der Waals surface area contributed by atoms with Crippen molar-refractivity contribution in [2.75, 3.05) is 33.2 Å². The van der Waals surface area contributed by atoms with Crippen LogP contribution >= 0.6 is 0 Å². The lowest BCUT2D eigenvalue weighted by molar-refractivity contribution is -0.121. The number of aryl methyl sites for hydroxylation is 1. The van der Waals surface area contributed by atoms with Gasteiger partial charge < -0.3 is 15.0 Å². The maximum Gasteiger partial charge on any atom is 0.329 e. The molecule has 3 heterocycles. The molecular formula is C24H34FN5O3. The van der Waals surface area contributed by atoms with E-state index >= 15 is 0 Å². The molecule has 1 unspecified atom stereocenters. The number of fused-ring (bicyclic) bond motifs is 1. The van der Waals surface area contributed by atoms with Crippen molar-refractivity contribution in [3.8, 4) is 0 Å². The molecule has 2 fully saturated rings. The molecule has 1 aromatic carbocycles. The number of benzene rings is 1. The molecule has 0 saturated carbocycles. The van der Waals surface area contributed by atoms with Crippen LogP contribution in [0.5, 0.6) is 0 Å². The third-order valence-corrected chi connectivity index (χ3v) is 7.48. The highest BCUT2D eigenvalue weighted by Crippen LogP contribution is 2.32. The van der Waals surface area contributed by atoms with Crippen molar-refractivity contribution in [3.05, 3.63) is 34.2 Å². The van der Waals surface area contributed by atoms with Gasteiger partial charge >= 0.3 is 5.69 Å². The van der Waals surface area contributed by atoms with Gasteiger partial charge in [-0.2, -0.15) is 0 Å². The zero-order valence-corrected chi connectivity index (χ0v) is 19.5. The minimum absolute atomic E-state index is 0.154. The molecule has 4 rings (SSSR count). The van der Waals surface area contributed by atoms with E-state index in [1.54, 1.807) is 18.7 Å². The Hall–Kier alpha value is -2.52. The van der Waals surface area contributed by atoms with E-state index in [2.05, 4.69) is 22.3 Å². The molecular weight excluding hydrogens is 425 g/mol. The molecule has 0 aliphatic carbocycles. The molecule has 2 aromatic rings. The number of carbonyl (C=O) groups excluding carboxylic acids is 2. The summed E-state index contributed by atoms with van der Waals surface area (Å²) in [5.74, 6) is 0.263. The van der Waals surface area contributed by atoms with Gasteiger partial charge in [-0.15, -0.1) is 9.60 Å². The van der Waals surface area contributed by atoms with Gasteiger partial charge in [0.25, 0.3) is 0 Å². The summed E-state index contributed by atoms with van der Waals surface area (Å²) in [6.07, 6.45) is 5.08. The summed E-state index contributed by atoms with van der Waals surface area (Å²) in [4.78, 5) is 38.9. The average Bonchev–Trinajstić information content (AvgIpc) is 3.09. The maximum absolute atomic E-state index is 13.3. The van der Waals surface area contributed by atoms with E-state index in [1.165, 1.54) is 10.1 Å². The van der Waals surface area contributed by atoms with Crippen molar-refractivity contribution >= 4 is 23.2 Å². The van der Waals surface area contributed by atoms with Crippen molar-refractivity contribution in [2.24, 2.45) is 7.05 Å². The molecule has 180 valence electrons. The highest BCUT2D eigenvalue weighted by atomic mass is 19.2. The van der Waals surface area contributed by atoms with Gasteiger partial charge in [0.05, 0.1) is 17.1 Å². The Morgan fingerprint density at radius 3 is 2.48 bits per heavy atom. The fourth-order valence-corrected chi connectivity index (χ4v) is 5.41. The van der Waals surface area contributed by atoms with E-state index in [9.17, 15) is 18.9 Å². The Bertz CT molecular complexity index is 1050. The highest BCUT2D eigenvalue weighted by molar-refractivity contribution is 5.79. The van der Waals surface area contributed by atoms with Crippen LogP contribution in [0.4, 0.5) is 4.48 Å². The second kappa shape index (κ2) is 10.2. The lowest BCUT2D eigenvalue weighted by Crippen LogP contribution is -2.45. The number of piperidine rings is 2. The number of rotatable bonds is 7. The third-order valence-electron chi connectivity index (χ3n) is 7.48. The van der Waals surface area contributed by atoms with Crippen LogP contribution in [0, 0.1) is 0 Å². The zero-order chi connectivity index (χ0) is 23.5. The first-order chi connectivity index (χ1) is 15.9. The number of amides is 1. The van der Waals surface area contributed by atoms with Crippen LogP contribution in [-0.2, 0) is 16.6 Å². The first-order valence-corrected chi connectivity index (χ1v) is 11.9. The number of carbonyl (C=O) groups is 2. The molecule has 1 atom stereocenters. The number of imidazole rings is 1. The Morgan fingerprint density at radius 1 is 1.15 bits per heavy atom. The summed E-state index contributed by atoms with van der Waals surface area (Å²) in [5, 5.41) is 3.47. The smallest absolute Gasteiger partial charge is 0.329 e. The molecule has 2 aliphatic heterocycles. The summed E-state index contributed by atoms with van der Waals surface area (Å²) >= 11 is 0. The Morgan fingerprint density at radius 2 is 1.85 bits per heavy atom. The number of nitrogens with one attached hydrogen (secondary N) is 1. The molecule has 1 aromatic heterocycles. The largest absolute Gasteiger partial charge is 0.359 e. The predicted octanol–water partition coefficient (Wildman–Crippen LogP) is 2.13. The van der Waals surface area contributed by atoms with Gasteiger partial charge in [-0.1, -0.05) is 6.07 Å². The molecule has 2 aliphatic rings. The fourth-order valence-electron chi connectivity index (χ4n) is 5.41. The monoisotopic (exact) mass is 459 g/mol. The van der Waals surface area contributed by atoms with Gasteiger partial charge in [-0.25, -0.2) is 4.79 Å². The Labute approximate surface area is 193 Å². The number of nitrogens with zero attached hydrogens (tertiary/aromatic N) is 4. The summed E-state index contributed by atoms with van der Waals surface area (Å²) in [6, 6.07) is 5.89. The molecule has 1 N–H and O–H groups in total. The Balaban J connectivity index is 1.50. The van der Waals surface area contributed by atoms with Crippen LogP contribution in [0.2, 0.25) is 0 Å². The topological polar surface area (TPSA) is 79.6 Å². The average molecular weight is 460 g/mol. The first kappa shape index (κ1) is 23.6. The molecule has 1 amide bonds. The van der Waals surface area contributed by atoms with Crippen LogP contribution in [0.25, 0.3) is 11.0 Å². The Kier molecular flexibility index (Phi) is 7.29. The summed E-state index contributed by atoms with van der Waals surface area (Å²) in [6.45, 7) is 3.06. The van der Waals surface area contributed by atoms with Gasteiger partial charge in [-0.3, -0.25) is 13.9 Å². The van der Waals surface area contributed by atoms with Gasteiger partial charge in [0, 0.05) is 39.6 Å². The van der Waals surface area contributed by atoms with Crippen LogP contribution < -0.4 is 11.0 Å². The number of hydrogen-bond donors (Lipinski definition) is 1. The van der Waals surface area contributed by atoms with Gasteiger partial charge in [0.2, 0.25) is 5.91 Å². The van der Waals surface area contributed by atoms with Gasteiger partial charge in [0.1, 0.15) is 6.29 Å². The van der Waals surface area contributed by atoms with E-state index in [4.69, 9.17) is 0 Å². The second-order valence-corrected chi connectivity index (χ2v) is 9.33. The number of halogens is 1. The molecule has 33 heavy (non-hydrogen) atoms. The van der Waals surface area contributed by atoms with Crippen molar-refractivity contribution in [3.63, 3.8) is 0 Å². The van der Waals surface area contributed by atoms with E-state index in [0.29, 0.717) is 25.0 Å². The predicted molar refractivity (Wildman–Crippen MR) is 125 cm³/mol. The van der Waals surface area contributed by atoms with Crippen molar-refractivity contribution < 1.29 is 14.1 Å². The minimum atomic E-state index is -0.677. The standard InChI is InChI=1S/C24H34FN5O3/c1-26-23(32)6-4-20(16-31)30-21-5-3-18(15-22(21)27(2)24(30)33)17-7-11-28(12-8-17)19-9-13-29(25)14-10-19/h3,5,15-17,19-20H,4,6-14H2,1-2H3,(H,26,32). The molecule has 0 bridgehead atoms. The van der Waals surface area contributed by atoms with Gasteiger partial charge in [-0.05, 0) is 68.8 Å². The van der Waals surface area contributed by atoms with Crippen LogP contribution in [0.1, 0.15) is 56.0 Å². The van der Waals surface area contributed by atoms with Crippen molar-refractivity contribution in [1.29, 1.82) is 0 Å². The molecule has 2 saturated heterocycles. The normalized spacial score (nSPS) is 20.2. The van der Waals surface area contributed by atoms with Crippen molar-refractivity contribution in [1.82, 2.24) is 24.5 Å². The molecule has 0 spiro atoms.